The maximum absolute atomic E-state index is 10.9. The topological polar surface area (TPSA) is 74.8 Å². The lowest BCUT2D eigenvalue weighted by molar-refractivity contribution is 0.0697. The van der Waals surface area contributed by atoms with Crippen LogP contribution in [0.2, 0.25) is 5.02 Å². The Morgan fingerprint density at radius 1 is 1.12 bits per heavy atom. The van der Waals surface area contributed by atoms with E-state index < -0.39 is 5.97 Å². The Morgan fingerprint density at radius 2 is 1.88 bits per heavy atom. The first kappa shape index (κ1) is 16.8. The minimum atomic E-state index is -0.955. The summed E-state index contributed by atoms with van der Waals surface area (Å²) < 4.78 is 5.68. The molecule has 1 aromatic heterocycles. The summed E-state index contributed by atoms with van der Waals surface area (Å²) in [7, 11) is 0. The first-order chi connectivity index (χ1) is 12.1. The molecule has 0 aliphatic rings. The zero-order valence-corrected chi connectivity index (χ0v) is 13.9. The summed E-state index contributed by atoms with van der Waals surface area (Å²) >= 11 is 6.07. The zero-order chi connectivity index (χ0) is 17.6. The molecule has 0 saturated heterocycles. The quantitative estimate of drug-likeness (QED) is 0.507. The average molecular weight is 355 g/mol. The third-order valence-corrected chi connectivity index (χ3v) is 3.92. The van der Waals surface area contributed by atoms with Crippen molar-refractivity contribution < 1.29 is 14.3 Å². The summed E-state index contributed by atoms with van der Waals surface area (Å²) in [6.45, 7) is 0.514. The van der Waals surface area contributed by atoms with Gasteiger partial charge in [0.1, 0.15) is 11.5 Å². The highest BCUT2D eigenvalue weighted by molar-refractivity contribution is 6.31. The molecule has 2 aromatic carbocycles. The molecule has 0 spiro atoms. The molecule has 3 rings (SSSR count). The number of carboxylic acid groups (broad SMARTS) is 1. The van der Waals surface area contributed by atoms with Crippen LogP contribution in [0.25, 0.3) is 11.3 Å². The van der Waals surface area contributed by atoms with E-state index in [1.54, 1.807) is 36.5 Å². The summed E-state index contributed by atoms with van der Waals surface area (Å²) in [5.41, 5.74) is 4.91. The van der Waals surface area contributed by atoms with E-state index in [0.717, 1.165) is 11.1 Å². The molecule has 2 N–H and O–H groups in total. The molecule has 0 amide bonds. The molecule has 0 bridgehead atoms. The Hall–Kier alpha value is -3.05. The van der Waals surface area contributed by atoms with Crippen molar-refractivity contribution in [1.82, 2.24) is 5.43 Å². The highest BCUT2D eigenvalue weighted by Gasteiger charge is 2.06. The minimum absolute atomic E-state index is 0.237. The first-order valence-corrected chi connectivity index (χ1v) is 7.94. The lowest BCUT2D eigenvalue weighted by Gasteiger charge is -2.02. The van der Waals surface area contributed by atoms with Crippen molar-refractivity contribution in [2.24, 2.45) is 5.10 Å². The number of benzene rings is 2. The van der Waals surface area contributed by atoms with Gasteiger partial charge in [-0.1, -0.05) is 41.9 Å². The van der Waals surface area contributed by atoms with E-state index in [2.05, 4.69) is 10.5 Å². The van der Waals surface area contributed by atoms with Crippen molar-refractivity contribution >= 4 is 23.8 Å². The largest absolute Gasteiger partial charge is 0.478 e. The van der Waals surface area contributed by atoms with E-state index in [1.165, 1.54) is 0 Å². The number of nitrogens with zero attached hydrogens (tertiary/aromatic N) is 1. The standard InChI is InChI=1S/C19H15ClN2O3/c20-17-4-2-1-3-15(17)11-21-22-12-16-9-10-18(25-16)13-5-7-14(8-6-13)19(23)24/h1-10,12,21H,11H2,(H,23,24)/b22-12-. The van der Waals surface area contributed by atoms with Crippen LogP contribution in [0.5, 0.6) is 0 Å². The maximum atomic E-state index is 10.9. The number of hydrogen-bond donors (Lipinski definition) is 2. The van der Waals surface area contributed by atoms with E-state index in [9.17, 15) is 4.79 Å². The van der Waals surface area contributed by atoms with Gasteiger partial charge in [-0.2, -0.15) is 5.10 Å². The fourth-order valence-corrected chi connectivity index (χ4v) is 2.44. The minimum Gasteiger partial charge on any atom is -0.478 e. The van der Waals surface area contributed by atoms with Crippen molar-refractivity contribution in [2.45, 2.75) is 6.54 Å². The number of furan rings is 1. The van der Waals surface area contributed by atoms with Crippen LogP contribution in [0, 0.1) is 0 Å². The number of rotatable bonds is 6. The van der Waals surface area contributed by atoms with Crippen LogP contribution in [0.1, 0.15) is 21.7 Å². The van der Waals surface area contributed by atoms with Crippen molar-refractivity contribution in [2.75, 3.05) is 0 Å². The molecule has 25 heavy (non-hydrogen) atoms. The van der Waals surface area contributed by atoms with Gasteiger partial charge in [0, 0.05) is 10.6 Å². The summed E-state index contributed by atoms with van der Waals surface area (Å²) in [6, 6.07) is 17.7. The second kappa shape index (κ2) is 7.68. The lowest BCUT2D eigenvalue weighted by Crippen LogP contribution is -2.05. The highest BCUT2D eigenvalue weighted by atomic mass is 35.5. The maximum Gasteiger partial charge on any atom is 0.335 e. The van der Waals surface area contributed by atoms with Gasteiger partial charge in [0.2, 0.25) is 0 Å². The van der Waals surface area contributed by atoms with Crippen molar-refractivity contribution in [3.05, 3.63) is 82.6 Å². The third kappa shape index (κ3) is 4.28. The number of aromatic carboxylic acids is 1. The third-order valence-electron chi connectivity index (χ3n) is 3.55. The van der Waals surface area contributed by atoms with Gasteiger partial charge >= 0.3 is 5.97 Å². The predicted octanol–water partition coefficient (Wildman–Crippen LogP) is 4.42. The monoisotopic (exact) mass is 354 g/mol. The second-order valence-electron chi connectivity index (χ2n) is 5.27. The Kier molecular flexibility index (Phi) is 5.16. The molecule has 1 heterocycles. The van der Waals surface area contributed by atoms with E-state index in [1.807, 2.05) is 30.3 Å². The Morgan fingerprint density at radius 3 is 2.60 bits per heavy atom. The number of carboxylic acids is 1. The van der Waals surface area contributed by atoms with Crippen LogP contribution in [0.3, 0.4) is 0 Å². The first-order valence-electron chi connectivity index (χ1n) is 7.56. The van der Waals surface area contributed by atoms with Gasteiger partial charge in [0.25, 0.3) is 0 Å². The molecular weight excluding hydrogens is 340 g/mol. The highest BCUT2D eigenvalue weighted by Crippen LogP contribution is 2.22. The Labute approximate surface area is 149 Å². The smallest absolute Gasteiger partial charge is 0.335 e. The number of hydrazone groups is 1. The van der Waals surface area contributed by atoms with Crippen LogP contribution < -0.4 is 5.43 Å². The Bertz CT molecular complexity index is 901. The molecule has 0 unspecified atom stereocenters. The van der Waals surface area contributed by atoms with Crippen LogP contribution in [0.15, 0.2) is 70.2 Å². The fraction of sp³-hybridized carbons (Fsp3) is 0.0526. The van der Waals surface area contributed by atoms with Crippen LogP contribution in [-0.4, -0.2) is 17.3 Å². The van der Waals surface area contributed by atoms with E-state index in [-0.39, 0.29) is 5.56 Å². The summed E-state index contributed by atoms with van der Waals surface area (Å²) in [5, 5.41) is 13.7. The van der Waals surface area contributed by atoms with Crippen molar-refractivity contribution in [3.8, 4) is 11.3 Å². The molecule has 0 atom stereocenters. The number of hydrogen-bond acceptors (Lipinski definition) is 4. The molecule has 0 fully saturated rings. The van der Waals surface area contributed by atoms with Gasteiger partial charge in [-0.3, -0.25) is 0 Å². The van der Waals surface area contributed by atoms with Crippen LogP contribution in [0.4, 0.5) is 0 Å². The number of halogens is 1. The molecule has 3 aromatic rings. The molecule has 0 aliphatic heterocycles. The second-order valence-corrected chi connectivity index (χ2v) is 5.68. The normalized spacial score (nSPS) is 10.9. The summed E-state index contributed by atoms with van der Waals surface area (Å²) in [4.78, 5) is 10.9. The average Bonchev–Trinajstić information content (AvgIpc) is 3.09. The van der Waals surface area contributed by atoms with Crippen molar-refractivity contribution in [3.63, 3.8) is 0 Å². The van der Waals surface area contributed by atoms with E-state index in [0.29, 0.717) is 23.1 Å². The van der Waals surface area contributed by atoms with Gasteiger partial charge in [-0.25, -0.2) is 4.79 Å². The van der Waals surface area contributed by atoms with Gasteiger partial charge < -0.3 is 14.9 Å². The van der Waals surface area contributed by atoms with Crippen LogP contribution >= 0.6 is 11.6 Å². The predicted molar refractivity (Wildman–Crippen MR) is 97.0 cm³/mol. The lowest BCUT2D eigenvalue weighted by atomic mass is 10.1. The van der Waals surface area contributed by atoms with Gasteiger partial charge in [-0.15, -0.1) is 0 Å². The molecule has 6 heteroatoms. The van der Waals surface area contributed by atoms with E-state index >= 15 is 0 Å². The van der Waals surface area contributed by atoms with Gasteiger partial charge in [-0.05, 0) is 35.9 Å². The van der Waals surface area contributed by atoms with Gasteiger partial charge in [0.15, 0.2) is 0 Å². The van der Waals surface area contributed by atoms with Crippen LogP contribution in [-0.2, 0) is 6.54 Å². The molecule has 126 valence electrons. The zero-order valence-electron chi connectivity index (χ0n) is 13.1. The Balaban J connectivity index is 1.61. The van der Waals surface area contributed by atoms with E-state index in [4.69, 9.17) is 21.1 Å². The van der Waals surface area contributed by atoms with Gasteiger partial charge in [0.05, 0.1) is 18.3 Å². The SMILES string of the molecule is O=C(O)c1ccc(-c2ccc(/C=N\NCc3ccccc3Cl)o2)cc1. The molecule has 0 saturated carbocycles. The fourth-order valence-electron chi connectivity index (χ4n) is 2.24. The number of nitrogens with one attached hydrogen (secondary N) is 1. The molecular formula is C19H15ClN2O3. The summed E-state index contributed by atoms with van der Waals surface area (Å²) in [6.07, 6.45) is 1.58. The van der Waals surface area contributed by atoms with Crippen molar-refractivity contribution in [1.29, 1.82) is 0 Å². The number of carbonyl (C=O) groups is 1. The molecule has 0 radical (unpaired) electrons. The summed E-state index contributed by atoms with van der Waals surface area (Å²) in [5.74, 6) is 0.275. The molecule has 5 nitrogen and oxygen atoms in total. The molecule has 0 aliphatic carbocycles.